The second-order valence-electron chi connectivity index (χ2n) is 4.60. The molecule has 0 aliphatic carbocycles. The Bertz CT molecular complexity index is 876. The topological polar surface area (TPSA) is 55.0 Å². The minimum absolute atomic E-state index is 0.0377. The molecule has 4 nitrogen and oxygen atoms in total. The fourth-order valence-corrected chi connectivity index (χ4v) is 2.34. The smallest absolute Gasteiger partial charge is 0.339 e. The van der Waals surface area contributed by atoms with Gasteiger partial charge in [0.2, 0.25) is 0 Å². The number of hydrogen-bond donors (Lipinski definition) is 1. The summed E-state index contributed by atoms with van der Waals surface area (Å²) in [5.74, 6) is 2.57. The zero-order valence-electron chi connectivity index (χ0n) is 11.5. The van der Waals surface area contributed by atoms with Crippen molar-refractivity contribution in [2.75, 3.05) is 6.61 Å². The van der Waals surface area contributed by atoms with Gasteiger partial charge in [-0.15, -0.1) is 6.42 Å². The van der Waals surface area contributed by atoms with Gasteiger partial charge in [-0.05, 0) is 30.3 Å². The number of H-pyrrole nitrogens is 1. The molecule has 3 aromatic rings. The number of carbonyl (C=O) groups excluding carboxylic acids is 1. The molecule has 1 heterocycles. The maximum Gasteiger partial charge on any atom is 0.339 e. The van der Waals surface area contributed by atoms with Crippen LogP contribution in [0.25, 0.3) is 22.4 Å². The first-order valence-corrected chi connectivity index (χ1v) is 7.33. The first kappa shape index (κ1) is 14.4. The van der Waals surface area contributed by atoms with Gasteiger partial charge in [0.25, 0.3) is 0 Å². The van der Waals surface area contributed by atoms with Gasteiger partial charge in [-0.3, -0.25) is 0 Å². The van der Waals surface area contributed by atoms with E-state index >= 15 is 0 Å². The number of terminal acetylenes is 1. The molecule has 22 heavy (non-hydrogen) atoms. The zero-order chi connectivity index (χ0) is 15.5. The van der Waals surface area contributed by atoms with E-state index in [9.17, 15) is 4.79 Å². The molecule has 0 atom stereocenters. The number of hydrogen-bond acceptors (Lipinski definition) is 3. The van der Waals surface area contributed by atoms with Crippen LogP contribution in [0.2, 0.25) is 0 Å². The molecule has 0 saturated carbocycles. The highest BCUT2D eigenvalue weighted by atomic mass is 79.9. The van der Waals surface area contributed by atoms with Gasteiger partial charge in [0, 0.05) is 10.0 Å². The lowest BCUT2D eigenvalue weighted by atomic mass is 10.2. The summed E-state index contributed by atoms with van der Waals surface area (Å²) in [4.78, 5) is 19.5. The Morgan fingerprint density at radius 1 is 1.27 bits per heavy atom. The fraction of sp³-hybridized carbons (Fsp3) is 0.0588. The van der Waals surface area contributed by atoms with Crippen molar-refractivity contribution in [1.29, 1.82) is 0 Å². The molecule has 108 valence electrons. The lowest BCUT2D eigenvalue weighted by Gasteiger charge is -2.00. The molecule has 0 fully saturated rings. The standard InChI is InChI=1S/C17H11BrN2O2/c1-2-9-22-17(21)12-5-8-14-15(10-12)20-16(19-14)11-3-6-13(18)7-4-11/h1,3-8,10H,9H2,(H,19,20). The summed E-state index contributed by atoms with van der Waals surface area (Å²) < 4.78 is 5.92. The van der Waals surface area contributed by atoms with Crippen LogP contribution in [0.15, 0.2) is 46.9 Å². The summed E-state index contributed by atoms with van der Waals surface area (Å²) in [6, 6.07) is 13.0. The molecule has 1 N–H and O–H groups in total. The van der Waals surface area contributed by atoms with Crippen LogP contribution in [0.5, 0.6) is 0 Å². The van der Waals surface area contributed by atoms with Crippen LogP contribution in [0.4, 0.5) is 0 Å². The Hall–Kier alpha value is -2.58. The maximum atomic E-state index is 11.8. The fourth-order valence-electron chi connectivity index (χ4n) is 2.07. The van der Waals surface area contributed by atoms with Gasteiger partial charge in [0.15, 0.2) is 6.61 Å². The molecular formula is C17H11BrN2O2. The normalized spacial score (nSPS) is 10.4. The number of aromatic nitrogens is 2. The zero-order valence-corrected chi connectivity index (χ0v) is 13.1. The van der Waals surface area contributed by atoms with Gasteiger partial charge in [0.1, 0.15) is 5.82 Å². The molecule has 0 radical (unpaired) electrons. The van der Waals surface area contributed by atoms with Crippen molar-refractivity contribution in [3.63, 3.8) is 0 Å². The van der Waals surface area contributed by atoms with E-state index in [1.54, 1.807) is 18.2 Å². The van der Waals surface area contributed by atoms with E-state index in [0.29, 0.717) is 5.56 Å². The van der Waals surface area contributed by atoms with E-state index in [1.807, 2.05) is 24.3 Å². The Balaban J connectivity index is 1.95. The van der Waals surface area contributed by atoms with Gasteiger partial charge >= 0.3 is 5.97 Å². The molecule has 3 rings (SSSR count). The number of halogens is 1. The van der Waals surface area contributed by atoms with Crippen molar-refractivity contribution >= 4 is 32.9 Å². The first-order chi connectivity index (χ1) is 10.7. The van der Waals surface area contributed by atoms with Crippen molar-refractivity contribution < 1.29 is 9.53 Å². The summed E-state index contributed by atoms with van der Waals surface area (Å²) in [6.45, 7) is -0.0377. The number of ether oxygens (including phenoxy) is 1. The molecule has 0 spiro atoms. The number of benzene rings is 2. The van der Waals surface area contributed by atoms with Gasteiger partial charge in [-0.25, -0.2) is 9.78 Å². The average Bonchev–Trinajstić information content (AvgIpc) is 2.96. The van der Waals surface area contributed by atoms with Crippen LogP contribution in [-0.4, -0.2) is 22.5 Å². The van der Waals surface area contributed by atoms with Crippen LogP contribution in [-0.2, 0) is 4.74 Å². The third-order valence-corrected chi connectivity index (χ3v) is 3.65. The van der Waals surface area contributed by atoms with Crippen LogP contribution < -0.4 is 0 Å². The van der Waals surface area contributed by atoms with Crippen LogP contribution in [0.3, 0.4) is 0 Å². The maximum absolute atomic E-state index is 11.8. The first-order valence-electron chi connectivity index (χ1n) is 6.53. The molecule has 0 unspecified atom stereocenters. The summed E-state index contributed by atoms with van der Waals surface area (Å²) in [7, 11) is 0. The lowest BCUT2D eigenvalue weighted by Crippen LogP contribution is -2.04. The van der Waals surface area contributed by atoms with E-state index in [-0.39, 0.29) is 6.61 Å². The Morgan fingerprint density at radius 2 is 2.05 bits per heavy atom. The monoisotopic (exact) mass is 354 g/mol. The molecule has 2 aromatic carbocycles. The van der Waals surface area contributed by atoms with Crippen molar-refractivity contribution in [3.8, 4) is 23.7 Å². The van der Waals surface area contributed by atoms with Gasteiger partial charge < -0.3 is 9.72 Å². The van der Waals surface area contributed by atoms with E-state index in [4.69, 9.17) is 11.2 Å². The number of esters is 1. The van der Waals surface area contributed by atoms with Gasteiger partial charge in [-0.2, -0.15) is 0 Å². The minimum Gasteiger partial charge on any atom is -0.449 e. The van der Waals surface area contributed by atoms with E-state index in [0.717, 1.165) is 26.9 Å². The SMILES string of the molecule is C#CCOC(=O)c1ccc2nc(-c3ccc(Br)cc3)[nH]c2c1. The molecule has 0 bridgehead atoms. The third-order valence-electron chi connectivity index (χ3n) is 3.12. The molecule has 0 amide bonds. The van der Waals surface area contributed by atoms with Crippen molar-refractivity contribution in [1.82, 2.24) is 9.97 Å². The van der Waals surface area contributed by atoms with Crippen LogP contribution >= 0.6 is 15.9 Å². The second kappa shape index (κ2) is 6.04. The Labute approximate surface area is 135 Å². The van der Waals surface area contributed by atoms with E-state index in [2.05, 4.69) is 31.8 Å². The molecule has 0 saturated heterocycles. The predicted octanol–water partition coefficient (Wildman–Crippen LogP) is 3.78. The highest BCUT2D eigenvalue weighted by molar-refractivity contribution is 9.10. The summed E-state index contributed by atoms with van der Waals surface area (Å²) in [5, 5.41) is 0. The predicted molar refractivity (Wildman–Crippen MR) is 88.3 cm³/mol. The average molecular weight is 355 g/mol. The Kier molecular flexibility index (Phi) is 3.94. The summed E-state index contributed by atoms with van der Waals surface area (Å²) in [6.07, 6.45) is 5.08. The molecule has 1 aromatic heterocycles. The lowest BCUT2D eigenvalue weighted by molar-refractivity contribution is 0.0557. The molecular weight excluding hydrogens is 344 g/mol. The third kappa shape index (κ3) is 2.87. The summed E-state index contributed by atoms with van der Waals surface area (Å²) in [5.41, 5.74) is 2.96. The Morgan fingerprint density at radius 3 is 2.77 bits per heavy atom. The second-order valence-corrected chi connectivity index (χ2v) is 5.52. The van der Waals surface area contributed by atoms with Crippen LogP contribution in [0, 0.1) is 12.3 Å². The van der Waals surface area contributed by atoms with Gasteiger partial charge in [0.05, 0.1) is 16.6 Å². The van der Waals surface area contributed by atoms with Crippen molar-refractivity contribution in [2.45, 2.75) is 0 Å². The summed E-state index contributed by atoms with van der Waals surface area (Å²) >= 11 is 3.40. The number of fused-ring (bicyclic) bond motifs is 1. The number of imidazole rings is 1. The quantitative estimate of drug-likeness (QED) is 0.575. The molecule has 5 heteroatoms. The number of nitrogens with zero attached hydrogens (tertiary/aromatic N) is 1. The largest absolute Gasteiger partial charge is 0.449 e. The van der Waals surface area contributed by atoms with E-state index in [1.165, 1.54) is 0 Å². The number of carbonyl (C=O) groups is 1. The van der Waals surface area contributed by atoms with Gasteiger partial charge in [-0.1, -0.05) is 34.0 Å². The highest BCUT2D eigenvalue weighted by Gasteiger charge is 2.10. The number of nitrogens with one attached hydrogen (secondary N) is 1. The minimum atomic E-state index is -0.445. The van der Waals surface area contributed by atoms with Crippen LogP contribution in [0.1, 0.15) is 10.4 Å². The molecule has 0 aliphatic rings. The highest BCUT2D eigenvalue weighted by Crippen LogP contribution is 2.23. The van der Waals surface area contributed by atoms with E-state index < -0.39 is 5.97 Å². The molecule has 0 aliphatic heterocycles. The number of aromatic amines is 1. The van der Waals surface area contributed by atoms with Crippen molar-refractivity contribution in [2.24, 2.45) is 0 Å². The van der Waals surface area contributed by atoms with Crippen molar-refractivity contribution in [3.05, 3.63) is 52.5 Å². The number of rotatable bonds is 3.